The number of rotatable bonds is 0. The molecule has 0 saturated carbocycles. The predicted molar refractivity (Wildman–Crippen MR) is 15.3 cm³/mol. The van der Waals surface area contributed by atoms with Crippen molar-refractivity contribution in [3.63, 3.8) is 0 Å². The van der Waals surface area contributed by atoms with Crippen molar-refractivity contribution in [1.29, 1.82) is 0 Å². The van der Waals surface area contributed by atoms with Crippen LogP contribution in [0.5, 0.6) is 0 Å². The molecule has 0 aromatic rings. The van der Waals surface area contributed by atoms with Crippen LogP contribution in [0, 0.1) is 0 Å². The molecular formula is H3CdKO4S. The number of hydrogen-bond donors (Lipinski definition) is 2. The summed E-state index contributed by atoms with van der Waals surface area (Å²) in [5.74, 6) is 0. The van der Waals surface area contributed by atoms with Gasteiger partial charge in [0.05, 0.1) is 0 Å². The molecule has 36 valence electrons. The van der Waals surface area contributed by atoms with E-state index >= 15 is 0 Å². The van der Waals surface area contributed by atoms with Crippen LogP contribution in [0.1, 0.15) is 1.43 Å². The maximum atomic E-state index is 8.74. The molecule has 0 amide bonds. The molecule has 0 bridgehead atoms. The van der Waals surface area contributed by atoms with Crippen molar-refractivity contribution in [3.8, 4) is 0 Å². The fourth-order valence-electron chi connectivity index (χ4n) is 0. The molecule has 0 aromatic carbocycles. The van der Waals surface area contributed by atoms with Gasteiger partial charge >= 0.3 is 61.8 Å². The molecule has 7 heavy (non-hydrogen) atoms. The Morgan fingerprint density at radius 1 is 1.29 bits per heavy atom. The van der Waals surface area contributed by atoms with Crippen LogP contribution in [0.15, 0.2) is 0 Å². The fourth-order valence-corrected chi connectivity index (χ4v) is 0. The Morgan fingerprint density at radius 2 is 1.29 bits per heavy atom. The second kappa shape index (κ2) is 6.55. The fraction of sp³-hybridized carbons (Fsp3) is 0. The minimum absolute atomic E-state index is 0. The summed E-state index contributed by atoms with van der Waals surface area (Å²) in [6, 6.07) is 0. The van der Waals surface area contributed by atoms with Crippen LogP contribution in [-0.4, -0.2) is 17.5 Å². The largest absolute Gasteiger partial charge is 1.00 e. The Bertz CT molecular complexity index is 99.2. The van der Waals surface area contributed by atoms with E-state index in [1.54, 1.807) is 0 Å². The van der Waals surface area contributed by atoms with Crippen molar-refractivity contribution in [2.24, 2.45) is 0 Å². The van der Waals surface area contributed by atoms with Crippen molar-refractivity contribution in [1.82, 2.24) is 0 Å². The van der Waals surface area contributed by atoms with E-state index in [4.69, 9.17) is 17.5 Å². The van der Waals surface area contributed by atoms with Crippen molar-refractivity contribution < 1.29 is 97.6 Å². The molecule has 0 aliphatic rings. The van der Waals surface area contributed by atoms with E-state index in [0.717, 1.165) is 0 Å². The van der Waals surface area contributed by atoms with E-state index in [0.29, 0.717) is 0 Å². The zero-order valence-corrected chi connectivity index (χ0v) is 11.8. The standard InChI is InChI=1S/Cd.K.H2O4S.H/c;;1-5(2,3)4;/h;;(H2,1,2,3,4);/q;+1;;-1. The van der Waals surface area contributed by atoms with Gasteiger partial charge in [0.25, 0.3) is 0 Å². The molecule has 0 saturated heterocycles. The third-order valence-corrected chi connectivity index (χ3v) is 0. The Morgan fingerprint density at radius 3 is 1.29 bits per heavy atom. The van der Waals surface area contributed by atoms with Gasteiger partial charge in [0, 0.05) is 27.3 Å². The monoisotopic (exact) mass is 252 g/mol. The first-order valence-corrected chi connectivity index (χ1v) is 2.10. The second-order valence-corrected chi connectivity index (χ2v) is 1.34. The summed E-state index contributed by atoms with van der Waals surface area (Å²) in [5.41, 5.74) is 0. The topological polar surface area (TPSA) is 74.6 Å². The van der Waals surface area contributed by atoms with Crippen LogP contribution in [0.25, 0.3) is 0 Å². The molecule has 0 aliphatic carbocycles. The minimum atomic E-state index is -4.67. The van der Waals surface area contributed by atoms with Gasteiger partial charge in [-0.05, 0) is 0 Å². The van der Waals surface area contributed by atoms with Gasteiger partial charge in [0.2, 0.25) is 0 Å². The molecular weight excluding hydrogens is 248 g/mol. The van der Waals surface area contributed by atoms with Crippen LogP contribution >= 0.6 is 0 Å². The van der Waals surface area contributed by atoms with Crippen molar-refractivity contribution in [2.75, 3.05) is 0 Å². The Kier molecular flexibility index (Phi) is 15.2. The first-order valence-electron chi connectivity index (χ1n) is 0.698. The maximum absolute atomic E-state index is 8.74. The Balaban J connectivity index is -0.0000000267. The van der Waals surface area contributed by atoms with Gasteiger partial charge in [-0.2, -0.15) is 8.42 Å². The smallest absolute Gasteiger partial charge is 1.00 e. The summed E-state index contributed by atoms with van der Waals surface area (Å²) in [4.78, 5) is 0. The minimum Gasteiger partial charge on any atom is -1.00 e. The first kappa shape index (κ1) is 16.2. The number of hydrogen-bond acceptors (Lipinski definition) is 2. The summed E-state index contributed by atoms with van der Waals surface area (Å²) in [6.45, 7) is 0. The van der Waals surface area contributed by atoms with Crippen LogP contribution < -0.4 is 51.4 Å². The molecule has 0 rings (SSSR count). The zero-order chi connectivity index (χ0) is 4.50. The van der Waals surface area contributed by atoms with Gasteiger partial charge in [-0.25, -0.2) is 0 Å². The van der Waals surface area contributed by atoms with Crippen molar-refractivity contribution in [3.05, 3.63) is 0 Å². The molecule has 0 aromatic heterocycles. The summed E-state index contributed by atoms with van der Waals surface area (Å²) in [6.07, 6.45) is 0. The van der Waals surface area contributed by atoms with Gasteiger partial charge in [0.1, 0.15) is 0 Å². The van der Waals surface area contributed by atoms with Gasteiger partial charge in [-0.1, -0.05) is 0 Å². The summed E-state index contributed by atoms with van der Waals surface area (Å²) in [7, 11) is -4.67. The summed E-state index contributed by atoms with van der Waals surface area (Å²) in [5, 5.41) is 0. The van der Waals surface area contributed by atoms with Gasteiger partial charge in [-0.3, -0.25) is 9.11 Å². The van der Waals surface area contributed by atoms with Gasteiger partial charge < -0.3 is 1.43 Å². The molecule has 0 radical (unpaired) electrons. The second-order valence-electron chi connectivity index (χ2n) is 0.448. The first-order chi connectivity index (χ1) is 2.00. The Hall–Kier alpha value is 2.43. The molecule has 2 N–H and O–H groups in total. The van der Waals surface area contributed by atoms with Crippen molar-refractivity contribution >= 4 is 10.4 Å². The van der Waals surface area contributed by atoms with E-state index in [2.05, 4.69) is 0 Å². The quantitative estimate of drug-likeness (QED) is 0.345. The molecule has 0 spiro atoms. The average Bonchev–Trinajstić information content (AvgIpc) is 0.722. The van der Waals surface area contributed by atoms with Crippen LogP contribution in [-0.2, 0) is 37.7 Å². The predicted octanol–water partition coefficient (Wildman–Crippen LogP) is -3.54. The van der Waals surface area contributed by atoms with Crippen molar-refractivity contribution in [2.45, 2.75) is 0 Å². The molecule has 7 heteroatoms. The van der Waals surface area contributed by atoms with E-state index in [1.807, 2.05) is 0 Å². The van der Waals surface area contributed by atoms with E-state index in [9.17, 15) is 0 Å². The van der Waals surface area contributed by atoms with E-state index in [-0.39, 0.29) is 80.1 Å². The van der Waals surface area contributed by atoms with Crippen LogP contribution in [0.3, 0.4) is 0 Å². The maximum Gasteiger partial charge on any atom is 1.00 e. The molecule has 0 fully saturated rings. The van der Waals surface area contributed by atoms with Gasteiger partial charge in [-0.15, -0.1) is 0 Å². The Labute approximate surface area is 106 Å². The third-order valence-electron chi connectivity index (χ3n) is 0. The van der Waals surface area contributed by atoms with Gasteiger partial charge in [0.15, 0.2) is 0 Å². The SMILES string of the molecule is O=S(=O)(O)O.[Cd].[H-].[K+]. The summed E-state index contributed by atoms with van der Waals surface area (Å²) >= 11 is 0. The van der Waals surface area contributed by atoms with E-state index in [1.165, 1.54) is 0 Å². The molecule has 0 heterocycles. The van der Waals surface area contributed by atoms with Crippen LogP contribution in [0.4, 0.5) is 0 Å². The molecule has 4 nitrogen and oxygen atoms in total. The molecule has 0 aliphatic heterocycles. The average molecular weight is 251 g/mol. The van der Waals surface area contributed by atoms with Crippen LogP contribution in [0.2, 0.25) is 0 Å². The molecule has 0 atom stereocenters. The zero-order valence-electron chi connectivity index (χ0n) is 4.83. The third kappa shape index (κ3) is 59.1. The normalized spacial score (nSPS) is 8.29. The molecule has 0 unspecified atom stereocenters. The summed E-state index contributed by atoms with van der Waals surface area (Å²) < 4.78 is 31.6. The van der Waals surface area contributed by atoms with E-state index < -0.39 is 10.4 Å².